The molecule has 3 saturated heterocycles. The molecule has 1 aromatic heterocycles. The molecule has 5 heteroatoms. The second kappa shape index (κ2) is 6.36. The minimum Gasteiger partial charge on any atom is -1.00 e. The van der Waals surface area contributed by atoms with Gasteiger partial charge in [-0.2, -0.15) is 0 Å². The van der Waals surface area contributed by atoms with Crippen molar-refractivity contribution < 1.29 is 33.3 Å². The van der Waals surface area contributed by atoms with Crippen LogP contribution in [-0.4, -0.2) is 59.5 Å². The molecule has 3 aliphatic heterocycles. The highest BCUT2D eigenvalue weighted by molar-refractivity contribution is 6.06. The van der Waals surface area contributed by atoms with Crippen LogP contribution in [0.5, 0.6) is 0 Å². The third-order valence-corrected chi connectivity index (χ3v) is 5.50. The molecule has 4 nitrogen and oxygen atoms in total. The molecular weight excluding hydrogens is 401 g/mol. The van der Waals surface area contributed by atoms with E-state index in [1.54, 1.807) is 6.20 Å². The molecule has 0 radical (unpaired) electrons. The first kappa shape index (κ1) is 16.6. The zero-order chi connectivity index (χ0) is 15.2. The van der Waals surface area contributed by atoms with Gasteiger partial charge in [-0.15, -0.1) is 0 Å². The van der Waals surface area contributed by atoms with Crippen molar-refractivity contribution in [3.8, 4) is 0 Å². The Bertz CT molecular complexity index is 720. The van der Waals surface area contributed by atoms with Crippen molar-refractivity contribution in [2.45, 2.75) is 18.9 Å². The Hall–Kier alpha value is -1.21. The Morgan fingerprint density at radius 1 is 1.22 bits per heavy atom. The molecule has 0 saturated carbocycles. The zero-order valence-electron chi connectivity index (χ0n) is 13.4. The minimum absolute atomic E-state index is 0. The predicted molar refractivity (Wildman–Crippen MR) is 86.6 cm³/mol. The second-order valence-electron chi connectivity index (χ2n) is 6.92. The number of hydrogen-bond acceptors (Lipinski definition) is 2. The number of nitrogens with zero attached hydrogens (tertiary/aromatic N) is 3. The number of piperidine rings is 1. The van der Waals surface area contributed by atoms with Gasteiger partial charge in [-0.1, -0.05) is 12.1 Å². The van der Waals surface area contributed by atoms with Crippen molar-refractivity contribution in [2.24, 2.45) is 0 Å². The molecule has 2 bridgehead atoms. The van der Waals surface area contributed by atoms with Gasteiger partial charge >= 0.3 is 0 Å². The summed E-state index contributed by atoms with van der Waals surface area (Å²) in [5.74, 6) is 0.192. The van der Waals surface area contributed by atoms with Crippen LogP contribution in [0.15, 0.2) is 36.7 Å². The van der Waals surface area contributed by atoms with Crippen LogP contribution in [0, 0.1) is 0 Å². The highest BCUT2D eigenvalue weighted by Gasteiger charge is 2.39. The fourth-order valence-corrected chi connectivity index (χ4v) is 3.98. The number of carbonyl (C=O) groups excluding carboxylic acids is 1. The molecule has 0 unspecified atom stereocenters. The number of halogens is 1. The molecule has 3 fully saturated rings. The lowest BCUT2D eigenvalue weighted by molar-refractivity contribution is -0.910. The van der Waals surface area contributed by atoms with Crippen LogP contribution in [0.3, 0.4) is 0 Å². The Balaban J connectivity index is 0.00000156. The number of fused-ring (bicyclic) bond motifs is 5. The summed E-state index contributed by atoms with van der Waals surface area (Å²) in [6, 6.07) is 8.31. The van der Waals surface area contributed by atoms with Gasteiger partial charge in [0.15, 0.2) is 0 Å². The number of benzene rings is 1. The number of rotatable bonds is 1. The lowest BCUT2D eigenvalue weighted by Gasteiger charge is -2.37. The van der Waals surface area contributed by atoms with Crippen LogP contribution in [0.4, 0.5) is 0 Å². The summed E-state index contributed by atoms with van der Waals surface area (Å²) >= 11 is 0. The third-order valence-electron chi connectivity index (χ3n) is 5.50. The Morgan fingerprint density at radius 2 is 2.00 bits per heavy atom. The topological polar surface area (TPSA) is 33.2 Å². The molecule has 23 heavy (non-hydrogen) atoms. The van der Waals surface area contributed by atoms with Gasteiger partial charge in [-0.3, -0.25) is 9.78 Å². The van der Waals surface area contributed by atoms with Gasteiger partial charge in [0.2, 0.25) is 0 Å². The smallest absolute Gasteiger partial charge is 0.254 e. The Morgan fingerprint density at radius 3 is 2.78 bits per heavy atom. The number of pyridine rings is 1. The highest BCUT2D eigenvalue weighted by atomic mass is 127. The molecule has 0 spiro atoms. The van der Waals surface area contributed by atoms with Crippen LogP contribution in [0.1, 0.15) is 23.2 Å². The molecule has 0 atom stereocenters. The average Bonchev–Trinajstić information content (AvgIpc) is 2.82. The maximum absolute atomic E-state index is 13.2. The normalized spacial score (nSPS) is 26.7. The molecular formula is C18H22IN3O. The summed E-state index contributed by atoms with van der Waals surface area (Å²) in [6.45, 7) is 4.36. The zero-order valence-corrected chi connectivity index (χ0v) is 15.6. The van der Waals surface area contributed by atoms with Crippen molar-refractivity contribution in [3.63, 3.8) is 0 Å². The highest BCUT2D eigenvalue weighted by Crippen LogP contribution is 2.28. The second-order valence-corrected chi connectivity index (χ2v) is 6.92. The number of likely N-dealkylation sites (N-methyl/N-ethyl adjacent to an activating group) is 1. The van der Waals surface area contributed by atoms with E-state index >= 15 is 0 Å². The van der Waals surface area contributed by atoms with Crippen molar-refractivity contribution in [1.82, 2.24) is 9.88 Å². The number of quaternary nitrogens is 1. The van der Waals surface area contributed by atoms with Crippen molar-refractivity contribution in [1.29, 1.82) is 0 Å². The summed E-state index contributed by atoms with van der Waals surface area (Å²) in [5.41, 5.74) is 0.822. The standard InChI is InChI=1S/C18H22N3O.HI/c1-21-10-6-15(7-11-21)20(9-12-21)18(22)17-4-2-3-14-13-19-8-5-16(14)17;/h2-5,8,13,15H,6-7,9-12H2,1H3;1H/q+1;/p-1. The minimum atomic E-state index is 0. The van der Waals surface area contributed by atoms with Crippen molar-refractivity contribution >= 4 is 16.7 Å². The maximum Gasteiger partial charge on any atom is 0.254 e. The van der Waals surface area contributed by atoms with E-state index in [1.807, 2.05) is 30.5 Å². The molecule has 5 rings (SSSR count). The van der Waals surface area contributed by atoms with Gasteiger partial charge in [0.25, 0.3) is 5.91 Å². The Kier molecular flexibility index (Phi) is 4.60. The van der Waals surface area contributed by atoms with Crippen LogP contribution >= 0.6 is 0 Å². The molecule has 1 amide bonds. The van der Waals surface area contributed by atoms with Crippen LogP contribution in [-0.2, 0) is 0 Å². The fraction of sp³-hybridized carbons (Fsp3) is 0.444. The average molecular weight is 423 g/mol. The predicted octanol–water partition coefficient (Wildman–Crippen LogP) is -0.696. The molecule has 4 heterocycles. The maximum atomic E-state index is 13.2. The van der Waals surface area contributed by atoms with Crippen LogP contribution in [0.25, 0.3) is 10.8 Å². The summed E-state index contributed by atoms with van der Waals surface area (Å²) in [4.78, 5) is 19.4. The largest absolute Gasteiger partial charge is 1.00 e. The van der Waals surface area contributed by atoms with E-state index in [-0.39, 0.29) is 29.9 Å². The molecule has 0 aliphatic carbocycles. The van der Waals surface area contributed by atoms with Crippen LogP contribution < -0.4 is 24.0 Å². The molecule has 0 N–H and O–H groups in total. The quantitative estimate of drug-likeness (QED) is 0.449. The van der Waals surface area contributed by atoms with Gasteiger partial charge in [0, 0.05) is 42.2 Å². The third kappa shape index (κ3) is 2.96. The first-order valence-corrected chi connectivity index (χ1v) is 8.14. The molecule has 1 aromatic carbocycles. The van der Waals surface area contributed by atoms with Gasteiger partial charge in [-0.05, 0) is 17.5 Å². The van der Waals surface area contributed by atoms with E-state index in [4.69, 9.17) is 0 Å². The molecule has 122 valence electrons. The summed E-state index contributed by atoms with van der Waals surface area (Å²) in [7, 11) is 2.33. The Labute approximate surface area is 154 Å². The number of carbonyl (C=O) groups is 1. The van der Waals surface area contributed by atoms with E-state index in [2.05, 4.69) is 16.9 Å². The van der Waals surface area contributed by atoms with Gasteiger partial charge in [0.1, 0.15) is 0 Å². The molecule has 3 aliphatic rings. The van der Waals surface area contributed by atoms with Gasteiger partial charge in [0.05, 0.1) is 33.2 Å². The number of hydrogen-bond donors (Lipinski definition) is 0. The van der Waals surface area contributed by atoms with Gasteiger partial charge in [-0.25, -0.2) is 0 Å². The number of amides is 1. The molecule has 2 aromatic rings. The van der Waals surface area contributed by atoms with Crippen molar-refractivity contribution in [2.75, 3.05) is 33.2 Å². The first-order valence-electron chi connectivity index (χ1n) is 8.14. The van der Waals surface area contributed by atoms with Crippen LogP contribution in [0.2, 0.25) is 0 Å². The summed E-state index contributed by atoms with van der Waals surface area (Å²) in [6.07, 6.45) is 5.87. The van der Waals surface area contributed by atoms with E-state index in [0.717, 1.165) is 46.8 Å². The monoisotopic (exact) mass is 423 g/mol. The summed E-state index contributed by atoms with van der Waals surface area (Å²) < 4.78 is 1.12. The fourth-order valence-electron chi connectivity index (χ4n) is 3.98. The lowest BCUT2D eigenvalue weighted by atomic mass is 10.0. The van der Waals surface area contributed by atoms with Crippen molar-refractivity contribution in [3.05, 3.63) is 42.2 Å². The first-order chi connectivity index (χ1) is 10.7. The number of aromatic nitrogens is 1. The summed E-state index contributed by atoms with van der Waals surface area (Å²) in [5, 5.41) is 2.05. The van der Waals surface area contributed by atoms with E-state index in [9.17, 15) is 4.79 Å². The van der Waals surface area contributed by atoms with E-state index in [1.165, 1.54) is 13.1 Å². The van der Waals surface area contributed by atoms with Gasteiger partial charge < -0.3 is 33.4 Å². The lowest BCUT2D eigenvalue weighted by Crippen LogP contribution is -3.00. The van der Waals surface area contributed by atoms with E-state index in [0.29, 0.717) is 6.04 Å². The SMILES string of the molecule is C[N+]12CCC(CC1)N(C(=O)c1cccc3cnccc13)CC2.[I-]. The van der Waals surface area contributed by atoms with E-state index < -0.39 is 0 Å².